The van der Waals surface area contributed by atoms with Crippen molar-refractivity contribution in [3.8, 4) is 34.3 Å². The number of oxazole rings is 1. The van der Waals surface area contributed by atoms with Gasteiger partial charge < -0.3 is 9.15 Å². The lowest BCUT2D eigenvalue weighted by Gasteiger charge is -2.18. The Morgan fingerprint density at radius 3 is 2.44 bits per heavy atom. The van der Waals surface area contributed by atoms with Gasteiger partial charge in [0, 0.05) is 43.0 Å². The van der Waals surface area contributed by atoms with E-state index in [2.05, 4.69) is 6.07 Å². The molecule has 6 nitrogen and oxygen atoms in total. The first-order chi connectivity index (χ1) is 17.4. The minimum Gasteiger partial charge on any atom is -0.440 e. The van der Waals surface area contributed by atoms with Crippen molar-refractivity contribution in [3.05, 3.63) is 93.2 Å². The topological polar surface area (TPSA) is 81.1 Å². The van der Waals surface area contributed by atoms with E-state index >= 15 is 0 Å². The molecule has 0 radical (unpaired) electrons. The SMILES string of the molecule is Cc1cc(C#N)cc(C)c1-n1cc(-c2nc(C3CCOCC3)oc2-c2ccc(F)cc2F)ccc1=O. The number of aromatic nitrogens is 2. The Morgan fingerprint density at radius 1 is 1.06 bits per heavy atom. The van der Waals surface area contributed by atoms with E-state index in [4.69, 9.17) is 14.1 Å². The van der Waals surface area contributed by atoms with Crippen LogP contribution < -0.4 is 5.56 Å². The maximum absolute atomic E-state index is 14.8. The summed E-state index contributed by atoms with van der Waals surface area (Å²) in [5.41, 5.74) is 3.40. The molecule has 0 amide bonds. The zero-order valence-corrected chi connectivity index (χ0v) is 19.8. The van der Waals surface area contributed by atoms with Crippen LogP contribution in [0.15, 0.2) is 57.9 Å². The summed E-state index contributed by atoms with van der Waals surface area (Å²) in [6.45, 7) is 4.82. The molecular weight excluding hydrogens is 464 g/mol. The number of nitriles is 1. The van der Waals surface area contributed by atoms with Gasteiger partial charge in [0.15, 0.2) is 11.7 Å². The van der Waals surface area contributed by atoms with Crippen molar-refractivity contribution in [2.24, 2.45) is 0 Å². The second kappa shape index (κ2) is 9.51. The number of rotatable bonds is 4. The van der Waals surface area contributed by atoms with Crippen molar-refractivity contribution < 1.29 is 17.9 Å². The first-order valence-electron chi connectivity index (χ1n) is 11.6. The van der Waals surface area contributed by atoms with Crippen LogP contribution in [-0.4, -0.2) is 22.8 Å². The van der Waals surface area contributed by atoms with Gasteiger partial charge in [0.2, 0.25) is 0 Å². The lowest BCUT2D eigenvalue weighted by atomic mass is 10.0. The van der Waals surface area contributed by atoms with Crippen molar-refractivity contribution >= 4 is 0 Å². The van der Waals surface area contributed by atoms with Gasteiger partial charge in [-0.05, 0) is 68.1 Å². The van der Waals surface area contributed by atoms with Gasteiger partial charge in [0.25, 0.3) is 5.56 Å². The average molecular weight is 488 g/mol. The zero-order chi connectivity index (χ0) is 25.4. The van der Waals surface area contributed by atoms with Crippen LogP contribution in [0.3, 0.4) is 0 Å². The van der Waals surface area contributed by atoms with Gasteiger partial charge in [-0.3, -0.25) is 9.36 Å². The molecule has 1 aliphatic rings. The zero-order valence-electron chi connectivity index (χ0n) is 19.8. The van der Waals surface area contributed by atoms with E-state index in [9.17, 15) is 18.8 Å². The third kappa shape index (κ3) is 4.34. The molecule has 0 N–H and O–H groups in total. The normalized spacial score (nSPS) is 14.1. The van der Waals surface area contributed by atoms with Crippen LogP contribution in [0.2, 0.25) is 0 Å². The quantitative estimate of drug-likeness (QED) is 0.362. The van der Waals surface area contributed by atoms with Gasteiger partial charge in [-0.2, -0.15) is 5.26 Å². The summed E-state index contributed by atoms with van der Waals surface area (Å²) in [5.74, 6) is -0.827. The Morgan fingerprint density at radius 2 is 1.78 bits per heavy atom. The fourth-order valence-electron chi connectivity index (χ4n) is 4.71. The molecule has 3 heterocycles. The van der Waals surface area contributed by atoms with E-state index in [1.165, 1.54) is 22.8 Å². The monoisotopic (exact) mass is 487 g/mol. The van der Waals surface area contributed by atoms with Crippen LogP contribution >= 0.6 is 0 Å². The highest BCUT2D eigenvalue weighted by Crippen LogP contribution is 2.38. The Bertz CT molecular complexity index is 1540. The summed E-state index contributed by atoms with van der Waals surface area (Å²) < 4.78 is 41.5. The first-order valence-corrected chi connectivity index (χ1v) is 11.6. The van der Waals surface area contributed by atoms with Gasteiger partial charge in [0.1, 0.15) is 17.3 Å². The second-order valence-electron chi connectivity index (χ2n) is 8.94. The molecule has 1 saturated heterocycles. The molecular formula is C28H23F2N3O3. The molecule has 0 saturated carbocycles. The summed E-state index contributed by atoms with van der Waals surface area (Å²) in [5, 5.41) is 9.28. The van der Waals surface area contributed by atoms with E-state index in [-0.39, 0.29) is 22.8 Å². The lowest BCUT2D eigenvalue weighted by molar-refractivity contribution is 0.0796. The van der Waals surface area contributed by atoms with Gasteiger partial charge in [-0.15, -0.1) is 0 Å². The molecule has 2 aromatic carbocycles. The highest BCUT2D eigenvalue weighted by Gasteiger charge is 2.27. The molecule has 0 atom stereocenters. The summed E-state index contributed by atoms with van der Waals surface area (Å²) in [6.07, 6.45) is 3.07. The van der Waals surface area contributed by atoms with E-state index in [0.717, 1.165) is 17.2 Å². The Balaban J connectivity index is 1.70. The van der Waals surface area contributed by atoms with Crippen molar-refractivity contribution in [1.82, 2.24) is 9.55 Å². The van der Waals surface area contributed by atoms with Crippen molar-refractivity contribution in [3.63, 3.8) is 0 Å². The van der Waals surface area contributed by atoms with Crippen LogP contribution in [0.5, 0.6) is 0 Å². The molecule has 2 aromatic heterocycles. The van der Waals surface area contributed by atoms with Gasteiger partial charge >= 0.3 is 0 Å². The Kier molecular flexibility index (Phi) is 6.25. The molecule has 5 rings (SSSR count). The molecule has 1 fully saturated rings. The molecule has 4 aromatic rings. The second-order valence-corrected chi connectivity index (χ2v) is 8.94. The van der Waals surface area contributed by atoms with Crippen molar-refractivity contribution in [1.29, 1.82) is 5.26 Å². The Labute approximate surface area is 206 Å². The highest BCUT2D eigenvalue weighted by atomic mass is 19.1. The molecule has 0 bridgehead atoms. The summed E-state index contributed by atoms with van der Waals surface area (Å²) in [7, 11) is 0. The van der Waals surface area contributed by atoms with Gasteiger partial charge in [0.05, 0.1) is 22.9 Å². The number of hydrogen-bond acceptors (Lipinski definition) is 5. The number of pyridine rings is 1. The number of halogens is 2. The molecule has 0 spiro atoms. The van der Waals surface area contributed by atoms with Gasteiger partial charge in [-0.25, -0.2) is 13.8 Å². The summed E-state index contributed by atoms with van der Waals surface area (Å²) in [6, 6.07) is 11.9. The number of hydrogen-bond donors (Lipinski definition) is 0. The van der Waals surface area contributed by atoms with Crippen LogP contribution in [0.25, 0.3) is 28.3 Å². The third-order valence-electron chi connectivity index (χ3n) is 6.44. The number of nitrogens with zero attached hydrogens (tertiary/aromatic N) is 3. The largest absolute Gasteiger partial charge is 0.440 e. The number of aryl methyl sites for hydroxylation is 2. The minimum absolute atomic E-state index is 0.00341. The molecule has 0 unspecified atom stereocenters. The molecule has 182 valence electrons. The van der Waals surface area contributed by atoms with E-state index < -0.39 is 11.6 Å². The van der Waals surface area contributed by atoms with Crippen LogP contribution in [0.4, 0.5) is 8.78 Å². The highest BCUT2D eigenvalue weighted by molar-refractivity contribution is 5.77. The molecule has 8 heteroatoms. The molecule has 1 aliphatic heterocycles. The fourth-order valence-corrected chi connectivity index (χ4v) is 4.71. The van der Waals surface area contributed by atoms with E-state index in [1.807, 2.05) is 13.8 Å². The Hall–Kier alpha value is -4.09. The molecule has 36 heavy (non-hydrogen) atoms. The third-order valence-corrected chi connectivity index (χ3v) is 6.44. The fraction of sp³-hybridized carbons (Fsp3) is 0.250. The first kappa shape index (κ1) is 23.6. The summed E-state index contributed by atoms with van der Waals surface area (Å²) >= 11 is 0. The molecule has 0 aliphatic carbocycles. The van der Waals surface area contributed by atoms with Crippen molar-refractivity contribution in [2.75, 3.05) is 13.2 Å². The maximum atomic E-state index is 14.8. The van der Waals surface area contributed by atoms with Gasteiger partial charge in [-0.1, -0.05) is 0 Å². The minimum atomic E-state index is -0.766. The standard InChI is InChI=1S/C28H23F2N3O3/c1-16-11-18(14-31)12-17(2)26(16)33-15-20(3-6-24(33)34)25-27(22-5-4-21(29)13-23(22)30)36-28(32-25)19-7-9-35-10-8-19/h3-6,11-13,15,19H,7-10H2,1-2H3. The average Bonchev–Trinajstić information content (AvgIpc) is 3.30. The predicted octanol–water partition coefficient (Wildman–Crippen LogP) is 5.82. The van der Waals surface area contributed by atoms with Crippen molar-refractivity contribution in [2.45, 2.75) is 32.6 Å². The van der Waals surface area contributed by atoms with Crippen LogP contribution in [0, 0.1) is 36.8 Å². The van der Waals surface area contributed by atoms with Crippen LogP contribution in [-0.2, 0) is 4.74 Å². The van der Waals surface area contributed by atoms with E-state index in [1.54, 1.807) is 24.4 Å². The smallest absolute Gasteiger partial charge is 0.255 e. The maximum Gasteiger partial charge on any atom is 0.255 e. The summed E-state index contributed by atoms with van der Waals surface area (Å²) in [4.78, 5) is 17.6. The lowest BCUT2D eigenvalue weighted by Crippen LogP contribution is -2.18. The number of benzene rings is 2. The predicted molar refractivity (Wildman–Crippen MR) is 130 cm³/mol. The van der Waals surface area contributed by atoms with E-state index in [0.29, 0.717) is 54.5 Å². The number of ether oxygens (including phenoxy) is 1. The van der Waals surface area contributed by atoms with Crippen LogP contribution in [0.1, 0.15) is 41.3 Å².